The van der Waals surface area contributed by atoms with E-state index in [1.54, 1.807) is 6.20 Å². The number of hydrogen-bond donors (Lipinski definition) is 0. The van der Waals surface area contributed by atoms with Crippen LogP contribution in [0.25, 0.3) is 32.9 Å². The van der Waals surface area contributed by atoms with Crippen molar-refractivity contribution in [3.05, 3.63) is 66.6 Å². The third-order valence-electron chi connectivity index (χ3n) is 6.78. The highest BCUT2D eigenvalue weighted by molar-refractivity contribution is 7.11. The van der Waals surface area contributed by atoms with Crippen LogP contribution in [0.2, 0.25) is 0 Å². The Balaban J connectivity index is 1.41. The summed E-state index contributed by atoms with van der Waals surface area (Å²) >= 11 is 1.28. The van der Waals surface area contributed by atoms with Crippen LogP contribution in [0.1, 0.15) is 12.0 Å². The molecule has 0 bridgehead atoms. The lowest BCUT2D eigenvalue weighted by atomic mass is 9.96. The molecule has 0 unspecified atom stereocenters. The first-order chi connectivity index (χ1) is 16.1. The van der Waals surface area contributed by atoms with Gasteiger partial charge in [-0.2, -0.15) is 4.37 Å². The van der Waals surface area contributed by atoms with Crippen molar-refractivity contribution in [2.75, 3.05) is 18.0 Å². The molecule has 0 radical (unpaired) electrons. The maximum atomic E-state index is 15.7. The van der Waals surface area contributed by atoms with E-state index in [4.69, 9.17) is 6.42 Å². The first-order valence-electron chi connectivity index (χ1n) is 10.7. The molecule has 0 saturated carbocycles. The van der Waals surface area contributed by atoms with E-state index < -0.39 is 5.82 Å². The molecule has 0 N–H and O–H groups in total. The molecule has 2 aromatic heterocycles. The van der Waals surface area contributed by atoms with Gasteiger partial charge >= 0.3 is 0 Å². The van der Waals surface area contributed by atoms with Crippen molar-refractivity contribution in [1.82, 2.24) is 14.3 Å². The number of terminal acetylenes is 1. The fraction of sp³-hybridized carbons (Fsp3) is 0.192. The van der Waals surface area contributed by atoms with Gasteiger partial charge in [0.15, 0.2) is 5.82 Å². The number of halogens is 1. The first kappa shape index (κ1) is 19.9. The SMILES string of the molecule is C#Cc1cccc2cccc(-c3ncc4c(N5C[C@@H]6[C@H]5CCN6C(=O)C=C)snc4c3F)c12. The van der Waals surface area contributed by atoms with Crippen molar-refractivity contribution in [1.29, 1.82) is 0 Å². The van der Waals surface area contributed by atoms with E-state index in [9.17, 15) is 4.79 Å². The van der Waals surface area contributed by atoms with Crippen LogP contribution >= 0.6 is 11.5 Å². The number of nitrogens with zero attached hydrogens (tertiary/aromatic N) is 4. The van der Waals surface area contributed by atoms with Gasteiger partial charge in [0.2, 0.25) is 5.91 Å². The van der Waals surface area contributed by atoms with Gasteiger partial charge in [-0.25, -0.2) is 4.39 Å². The molecule has 0 spiro atoms. The molecule has 4 aromatic rings. The molecular formula is C26H19FN4OS. The fourth-order valence-corrected chi connectivity index (χ4v) is 6.08. The molecule has 6 rings (SSSR count). The second-order valence-corrected chi connectivity index (χ2v) is 9.09. The van der Waals surface area contributed by atoms with Gasteiger partial charge in [-0.1, -0.05) is 42.8 Å². The van der Waals surface area contributed by atoms with Crippen LogP contribution in [0, 0.1) is 18.2 Å². The molecule has 7 heteroatoms. The number of carbonyl (C=O) groups excluding carboxylic acids is 1. The Morgan fingerprint density at radius 1 is 1.27 bits per heavy atom. The molecule has 5 nitrogen and oxygen atoms in total. The number of aromatic nitrogens is 2. The van der Waals surface area contributed by atoms with Gasteiger partial charge in [-0.3, -0.25) is 9.78 Å². The number of anilines is 1. The molecule has 1 amide bonds. The Kier molecular flexibility index (Phi) is 4.46. The molecule has 2 aromatic carbocycles. The average molecular weight is 455 g/mol. The lowest BCUT2D eigenvalue weighted by molar-refractivity contribution is -0.127. The van der Waals surface area contributed by atoms with E-state index in [0.29, 0.717) is 35.1 Å². The molecule has 33 heavy (non-hydrogen) atoms. The van der Waals surface area contributed by atoms with Crippen LogP contribution in [-0.2, 0) is 4.79 Å². The lowest BCUT2D eigenvalue weighted by Gasteiger charge is -2.47. The standard InChI is InChI=1S/C26H19FN4OS/c1-3-15-7-5-8-16-9-6-10-17(22(15)16)24-23(27)25-18(13-28-24)26(33-29-25)31-14-20-19(31)11-12-30(20)21(32)4-2/h1,4-10,13,19-20H,2,11-12,14H2/t19-,20-/m1/s1. The molecule has 2 atom stereocenters. The summed E-state index contributed by atoms with van der Waals surface area (Å²) in [6, 6.07) is 11.8. The zero-order valence-electron chi connectivity index (χ0n) is 17.7. The maximum absolute atomic E-state index is 15.7. The van der Waals surface area contributed by atoms with Crippen molar-refractivity contribution in [2.24, 2.45) is 0 Å². The van der Waals surface area contributed by atoms with Crippen LogP contribution in [0.3, 0.4) is 0 Å². The molecule has 4 heterocycles. The quantitative estimate of drug-likeness (QED) is 0.335. The summed E-state index contributed by atoms with van der Waals surface area (Å²) < 4.78 is 20.2. The Morgan fingerprint density at radius 2 is 2.09 bits per heavy atom. The average Bonchev–Trinajstić information content (AvgIpc) is 3.40. The van der Waals surface area contributed by atoms with Crippen molar-refractivity contribution in [3.63, 3.8) is 0 Å². The van der Waals surface area contributed by atoms with Crippen LogP contribution in [0.5, 0.6) is 0 Å². The van der Waals surface area contributed by atoms with E-state index in [-0.39, 0.29) is 23.7 Å². The summed E-state index contributed by atoms with van der Waals surface area (Å²) in [6.45, 7) is 5.02. The summed E-state index contributed by atoms with van der Waals surface area (Å²) in [4.78, 5) is 20.7. The van der Waals surface area contributed by atoms with Gasteiger partial charge in [0.1, 0.15) is 16.2 Å². The summed E-state index contributed by atoms with van der Waals surface area (Å²) in [5, 5.41) is 3.35. The highest BCUT2D eigenvalue weighted by atomic mass is 32.1. The Labute approximate surface area is 194 Å². The third kappa shape index (κ3) is 2.81. The van der Waals surface area contributed by atoms with Crippen molar-refractivity contribution < 1.29 is 9.18 Å². The number of fused-ring (bicyclic) bond motifs is 3. The van der Waals surface area contributed by atoms with Crippen molar-refractivity contribution in [3.8, 4) is 23.6 Å². The van der Waals surface area contributed by atoms with Crippen molar-refractivity contribution >= 4 is 44.1 Å². The van der Waals surface area contributed by atoms with E-state index in [1.807, 2.05) is 41.3 Å². The normalized spacial score (nSPS) is 19.4. The van der Waals surface area contributed by atoms with E-state index in [2.05, 4.69) is 26.8 Å². The number of amides is 1. The Morgan fingerprint density at radius 3 is 2.88 bits per heavy atom. The predicted molar refractivity (Wildman–Crippen MR) is 130 cm³/mol. The minimum Gasteiger partial charge on any atom is -0.354 e. The fourth-order valence-electron chi connectivity index (χ4n) is 5.16. The van der Waals surface area contributed by atoms with Gasteiger partial charge in [-0.15, -0.1) is 6.42 Å². The number of hydrogen-bond acceptors (Lipinski definition) is 5. The van der Waals surface area contributed by atoms with Gasteiger partial charge in [-0.05, 0) is 35.5 Å². The second kappa shape index (κ2) is 7.39. The van der Waals surface area contributed by atoms with E-state index in [0.717, 1.165) is 22.2 Å². The molecule has 162 valence electrons. The zero-order chi connectivity index (χ0) is 22.7. The van der Waals surface area contributed by atoms with E-state index >= 15 is 4.39 Å². The summed E-state index contributed by atoms with van der Waals surface area (Å²) in [6.07, 6.45) is 9.67. The molecule has 2 aliphatic heterocycles. The van der Waals surface area contributed by atoms with Crippen LogP contribution in [-0.4, -0.2) is 45.3 Å². The van der Waals surface area contributed by atoms with Gasteiger partial charge in [0.05, 0.1) is 17.5 Å². The topological polar surface area (TPSA) is 49.3 Å². The van der Waals surface area contributed by atoms with E-state index in [1.165, 1.54) is 17.6 Å². The molecule has 2 aliphatic rings. The summed E-state index contributed by atoms with van der Waals surface area (Å²) in [5.74, 6) is 2.23. The van der Waals surface area contributed by atoms with Gasteiger partial charge in [0.25, 0.3) is 0 Å². The Hall–Kier alpha value is -3.76. The first-order valence-corrected chi connectivity index (χ1v) is 11.5. The molecule has 2 saturated heterocycles. The minimum absolute atomic E-state index is 0.0323. The molecule has 0 aliphatic carbocycles. The largest absolute Gasteiger partial charge is 0.354 e. The highest BCUT2D eigenvalue weighted by Gasteiger charge is 2.49. The highest BCUT2D eigenvalue weighted by Crippen LogP contribution is 2.43. The predicted octanol–water partition coefficient (Wildman–Crippen LogP) is 4.61. The number of rotatable bonds is 3. The summed E-state index contributed by atoms with van der Waals surface area (Å²) in [5.41, 5.74) is 1.93. The van der Waals surface area contributed by atoms with Crippen molar-refractivity contribution in [2.45, 2.75) is 18.5 Å². The maximum Gasteiger partial charge on any atom is 0.246 e. The third-order valence-corrected chi connectivity index (χ3v) is 7.68. The van der Waals surface area contributed by atoms with Crippen LogP contribution in [0.4, 0.5) is 9.39 Å². The number of benzene rings is 2. The monoisotopic (exact) mass is 454 g/mol. The smallest absolute Gasteiger partial charge is 0.246 e. The minimum atomic E-state index is -0.443. The molecule has 2 fully saturated rings. The number of likely N-dealkylation sites (tertiary alicyclic amines) is 1. The number of pyridine rings is 1. The lowest BCUT2D eigenvalue weighted by Crippen LogP contribution is -2.62. The Bertz CT molecular complexity index is 1500. The van der Waals surface area contributed by atoms with Crippen LogP contribution in [0.15, 0.2) is 55.3 Å². The number of carbonyl (C=O) groups is 1. The van der Waals surface area contributed by atoms with Gasteiger partial charge in [0, 0.05) is 35.8 Å². The molecular weight excluding hydrogens is 435 g/mol. The van der Waals surface area contributed by atoms with Crippen LogP contribution < -0.4 is 4.90 Å². The second-order valence-electron chi connectivity index (χ2n) is 8.34. The zero-order valence-corrected chi connectivity index (χ0v) is 18.5. The summed E-state index contributed by atoms with van der Waals surface area (Å²) in [7, 11) is 0. The van der Waals surface area contributed by atoms with Gasteiger partial charge < -0.3 is 9.80 Å².